The summed E-state index contributed by atoms with van der Waals surface area (Å²) in [6.45, 7) is 6.49. The van der Waals surface area contributed by atoms with E-state index in [0.29, 0.717) is 13.0 Å². The largest absolute Gasteiger partial charge is 0.465 e. The maximum Gasteiger partial charge on any atom is 0.320 e. The maximum atomic E-state index is 12.3. The van der Waals surface area contributed by atoms with Crippen molar-refractivity contribution in [2.24, 2.45) is 5.92 Å². The van der Waals surface area contributed by atoms with E-state index in [1.165, 1.54) is 19.3 Å². The zero-order valence-corrected chi connectivity index (χ0v) is 19.3. The van der Waals surface area contributed by atoms with Crippen LogP contribution in [0.3, 0.4) is 0 Å². The molecule has 1 unspecified atom stereocenters. The van der Waals surface area contributed by atoms with Crippen LogP contribution in [0, 0.1) is 29.6 Å². The van der Waals surface area contributed by atoms with E-state index in [1.807, 2.05) is 31.2 Å². The van der Waals surface area contributed by atoms with E-state index in [2.05, 4.69) is 30.6 Å². The average molecular weight is 425 g/mol. The van der Waals surface area contributed by atoms with Crippen LogP contribution >= 0.6 is 0 Å². The van der Waals surface area contributed by atoms with Gasteiger partial charge < -0.3 is 9.47 Å². The summed E-state index contributed by atoms with van der Waals surface area (Å²) < 4.78 is 10.3. The molecule has 4 nitrogen and oxygen atoms in total. The van der Waals surface area contributed by atoms with Crippen molar-refractivity contribution < 1.29 is 19.1 Å². The molecular formula is C27H36O4. The van der Waals surface area contributed by atoms with Crippen LogP contribution in [-0.2, 0) is 19.1 Å². The van der Waals surface area contributed by atoms with Gasteiger partial charge in [-0.15, -0.1) is 0 Å². The van der Waals surface area contributed by atoms with Crippen LogP contribution in [0.25, 0.3) is 0 Å². The highest BCUT2D eigenvalue weighted by molar-refractivity contribution is 5.94. The predicted octanol–water partition coefficient (Wildman–Crippen LogP) is 5.66. The Bertz CT molecular complexity index is 789. The number of hydrogen-bond donors (Lipinski definition) is 0. The quantitative estimate of drug-likeness (QED) is 0.188. The van der Waals surface area contributed by atoms with Crippen LogP contribution in [0.4, 0.5) is 0 Å². The van der Waals surface area contributed by atoms with E-state index in [1.54, 1.807) is 6.92 Å². The lowest BCUT2D eigenvalue weighted by Crippen LogP contribution is -2.28. The van der Waals surface area contributed by atoms with Crippen molar-refractivity contribution in [1.29, 1.82) is 0 Å². The molecule has 31 heavy (non-hydrogen) atoms. The highest BCUT2D eigenvalue weighted by atomic mass is 16.6. The van der Waals surface area contributed by atoms with Crippen molar-refractivity contribution >= 4 is 11.9 Å². The van der Waals surface area contributed by atoms with E-state index in [9.17, 15) is 9.59 Å². The smallest absolute Gasteiger partial charge is 0.320 e. The average Bonchev–Trinajstić information content (AvgIpc) is 2.77. The van der Waals surface area contributed by atoms with Crippen LogP contribution in [0.15, 0.2) is 24.3 Å². The Morgan fingerprint density at radius 1 is 0.806 bits per heavy atom. The minimum absolute atomic E-state index is 0.230. The van der Waals surface area contributed by atoms with Crippen molar-refractivity contribution in [3.63, 3.8) is 0 Å². The predicted molar refractivity (Wildman–Crippen MR) is 124 cm³/mol. The second kappa shape index (κ2) is 17.0. The SMILES string of the molecule is CCCCCCC#Cc1ccccc1C#CCCC(C(=O)OCC)C(=O)OCCCC. The molecule has 0 spiro atoms. The summed E-state index contributed by atoms with van der Waals surface area (Å²) >= 11 is 0. The van der Waals surface area contributed by atoms with Gasteiger partial charge in [0.1, 0.15) is 0 Å². The molecule has 1 rings (SSSR count). The Labute approximate surface area is 188 Å². The van der Waals surface area contributed by atoms with E-state index >= 15 is 0 Å². The van der Waals surface area contributed by atoms with Gasteiger partial charge >= 0.3 is 11.9 Å². The second-order valence-corrected chi connectivity index (χ2v) is 7.32. The summed E-state index contributed by atoms with van der Waals surface area (Å²) in [5.41, 5.74) is 1.77. The molecule has 0 N–H and O–H groups in total. The van der Waals surface area contributed by atoms with E-state index < -0.39 is 17.9 Å². The summed E-state index contributed by atoms with van der Waals surface area (Å²) in [5.74, 6) is 10.7. The van der Waals surface area contributed by atoms with E-state index in [4.69, 9.17) is 9.47 Å². The Kier molecular flexibility index (Phi) is 14.4. The normalized spacial score (nSPS) is 10.8. The molecule has 4 heteroatoms. The summed E-state index contributed by atoms with van der Waals surface area (Å²) in [5, 5.41) is 0. The molecular weight excluding hydrogens is 388 g/mol. The van der Waals surface area contributed by atoms with E-state index in [0.717, 1.165) is 36.8 Å². The van der Waals surface area contributed by atoms with Gasteiger partial charge in [0.05, 0.1) is 13.2 Å². The molecule has 0 saturated heterocycles. The molecule has 0 radical (unpaired) electrons. The van der Waals surface area contributed by atoms with Crippen LogP contribution < -0.4 is 0 Å². The van der Waals surface area contributed by atoms with Crippen LogP contribution in [-0.4, -0.2) is 25.2 Å². The molecule has 1 atom stereocenters. The monoisotopic (exact) mass is 424 g/mol. The maximum absolute atomic E-state index is 12.3. The summed E-state index contributed by atoms with van der Waals surface area (Å²) in [7, 11) is 0. The van der Waals surface area contributed by atoms with Gasteiger partial charge in [0.25, 0.3) is 0 Å². The standard InChI is InChI=1S/C27H36O4/c1-4-7-9-10-11-12-17-23-18-13-14-19-24(23)20-15-16-21-25(26(28)30-6-3)27(29)31-22-8-5-2/h13-14,18-19,25H,4-11,16,21-22H2,1-3H3. The fourth-order valence-electron chi connectivity index (χ4n) is 2.87. The van der Waals surface area contributed by atoms with Crippen LogP contribution in [0.2, 0.25) is 0 Å². The lowest BCUT2D eigenvalue weighted by molar-refractivity contribution is -0.162. The molecule has 0 amide bonds. The number of carbonyl (C=O) groups excluding carboxylic acids is 2. The second-order valence-electron chi connectivity index (χ2n) is 7.32. The fourth-order valence-corrected chi connectivity index (χ4v) is 2.87. The molecule has 0 saturated carbocycles. The Morgan fingerprint density at radius 3 is 2.03 bits per heavy atom. The summed E-state index contributed by atoms with van der Waals surface area (Å²) in [6.07, 6.45) is 8.08. The van der Waals surface area contributed by atoms with Gasteiger partial charge in [-0.25, -0.2) is 0 Å². The van der Waals surface area contributed by atoms with Crippen molar-refractivity contribution in [3.05, 3.63) is 35.4 Å². The first-order valence-corrected chi connectivity index (χ1v) is 11.5. The zero-order chi connectivity index (χ0) is 22.7. The molecule has 0 aliphatic heterocycles. The van der Waals surface area contributed by atoms with Crippen molar-refractivity contribution in [2.75, 3.05) is 13.2 Å². The summed E-state index contributed by atoms with van der Waals surface area (Å²) in [6, 6.07) is 7.80. The van der Waals surface area contributed by atoms with Gasteiger partial charge in [0.2, 0.25) is 0 Å². The molecule has 0 bridgehead atoms. The molecule has 1 aromatic rings. The number of esters is 2. The highest BCUT2D eigenvalue weighted by Gasteiger charge is 2.28. The number of hydrogen-bond acceptors (Lipinski definition) is 4. The molecule has 0 fully saturated rings. The van der Waals surface area contributed by atoms with Crippen molar-refractivity contribution in [3.8, 4) is 23.7 Å². The van der Waals surface area contributed by atoms with Crippen molar-refractivity contribution in [1.82, 2.24) is 0 Å². The molecule has 0 aromatic heterocycles. The fraction of sp³-hybridized carbons (Fsp3) is 0.556. The first-order valence-electron chi connectivity index (χ1n) is 11.5. The number of ether oxygens (including phenoxy) is 2. The van der Waals surface area contributed by atoms with Gasteiger partial charge in [-0.1, -0.05) is 75.3 Å². The third-order valence-corrected chi connectivity index (χ3v) is 4.68. The van der Waals surface area contributed by atoms with Crippen LogP contribution in [0.1, 0.15) is 89.7 Å². The Balaban J connectivity index is 2.71. The number of unbranched alkanes of at least 4 members (excludes halogenated alkanes) is 5. The lowest BCUT2D eigenvalue weighted by Gasteiger charge is -2.13. The van der Waals surface area contributed by atoms with Gasteiger partial charge in [-0.3, -0.25) is 9.59 Å². The molecule has 168 valence electrons. The van der Waals surface area contributed by atoms with Gasteiger partial charge in [-0.05, 0) is 38.3 Å². The molecule has 0 aliphatic carbocycles. The topological polar surface area (TPSA) is 52.6 Å². The zero-order valence-electron chi connectivity index (χ0n) is 19.3. The minimum atomic E-state index is -0.927. The third kappa shape index (κ3) is 11.3. The van der Waals surface area contributed by atoms with Gasteiger partial charge in [0.15, 0.2) is 5.92 Å². The number of carbonyl (C=O) groups is 2. The number of benzene rings is 1. The first-order chi connectivity index (χ1) is 15.1. The van der Waals surface area contributed by atoms with Crippen LogP contribution in [0.5, 0.6) is 0 Å². The molecule has 1 aromatic carbocycles. The Morgan fingerprint density at radius 2 is 1.42 bits per heavy atom. The molecule has 0 heterocycles. The van der Waals surface area contributed by atoms with Crippen molar-refractivity contribution in [2.45, 2.75) is 78.6 Å². The Hall–Kier alpha value is -2.72. The molecule has 0 aliphatic rings. The van der Waals surface area contributed by atoms with Gasteiger partial charge in [0, 0.05) is 24.0 Å². The third-order valence-electron chi connectivity index (χ3n) is 4.68. The summed E-state index contributed by atoms with van der Waals surface area (Å²) in [4.78, 5) is 24.4. The first kappa shape index (κ1) is 26.3. The van der Waals surface area contributed by atoms with E-state index in [-0.39, 0.29) is 13.0 Å². The lowest BCUT2D eigenvalue weighted by atomic mass is 10.0. The number of rotatable bonds is 12. The highest BCUT2D eigenvalue weighted by Crippen LogP contribution is 2.13. The van der Waals surface area contributed by atoms with Gasteiger partial charge in [-0.2, -0.15) is 0 Å². The minimum Gasteiger partial charge on any atom is -0.465 e.